The van der Waals surface area contributed by atoms with Crippen molar-refractivity contribution >= 4 is 22.8 Å². The van der Waals surface area contributed by atoms with Gasteiger partial charge in [0.15, 0.2) is 5.82 Å². The minimum absolute atomic E-state index is 0.0185. The van der Waals surface area contributed by atoms with Crippen LogP contribution in [0.5, 0.6) is 0 Å². The maximum absolute atomic E-state index is 13.5. The van der Waals surface area contributed by atoms with Crippen molar-refractivity contribution in [3.63, 3.8) is 0 Å². The molecule has 1 saturated heterocycles. The number of hydrogen-bond acceptors (Lipinski definition) is 3. The first-order chi connectivity index (χ1) is 14.2. The summed E-state index contributed by atoms with van der Waals surface area (Å²) in [5.74, 6) is -1.03. The number of halogens is 4. The van der Waals surface area contributed by atoms with Gasteiger partial charge in [-0.05, 0) is 42.7 Å². The van der Waals surface area contributed by atoms with Gasteiger partial charge in [-0.15, -0.1) is 0 Å². The van der Waals surface area contributed by atoms with E-state index in [1.54, 1.807) is 6.07 Å². The Kier molecular flexibility index (Phi) is 4.89. The van der Waals surface area contributed by atoms with Gasteiger partial charge >= 0.3 is 12.2 Å². The van der Waals surface area contributed by atoms with Gasteiger partial charge in [0.05, 0.1) is 16.7 Å². The molecule has 0 atom stereocenters. The number of carbonyl (C=O) groups is 1. The Hall–Kier alpha value is -3.14. The molecule has 2 heterocycles. The fourth-order valence-corrected chi connectivity index (χ4v) is 3.64. The molecule has 30 heavy (non-hydrogen) atoms. The summed E-state index contributed by atoms with van der Waals surface area (Å²) in [7, 11) is 0. The smallest absolute Gasteiger partial charge is 0.385 e. The van der Waals surface area contributed by atoms with E-state index < -0.39 is 29.2 Å². The van der Waals surface area contributed by atoms with Crippen molar-refractivity contribution < 1.29 is 27.5 Å². The van der Waals surface area contributed by atoms with Crippen molar-refractivity contribution in [1.29, 1.82) is 0 Å². The van der Waals surface area contributed by atoms with E-state index in [2.05, 4.69) is 15.5 Å². The summed E-state index contributed by atoms with van der Waals surface area (Å²) in [5.41, 5.74) is -2.25. The quantitative estimate of drug-likeness (QED) is 0.541. The number of amides is 2. The number of carbonyl (C=O) groups excluding carboxylic acids is 1. The first-order valence-corrected chi connectivity index (χ1v) is 9.26. The highest BCUT2D eigenvalue weighted by atomic mass is 19.4. The number of fused-ring (bicyclic) bond motifs is 1. The number of rotatable bonds is 2. The molecule has 0 spiro atoms. The normalized spacial score (nSPS) is 16.6. The Bertz CT molecular complexity index is 1090. The molecule has 1 fully saturated rings. The van der Waals surface area contributed by atoms with Crippen LogP contribution in [0.4, 0.5) is 28.2 Å². The number of aromatic amines is 1. The van der Waals surface area contributed by atoms with Gasteiger partial charge in [-0.2, -0.15) is 18.3 Å². The summed E-state index contributed by atoms with van der Waals surface area (Å²) in [4.78, 5) is 14.0. The molecule has 0 aliphatic carbocycles. The van der Waals surface area contributed by atoms with Crippen molar-refractivity contribution in [3.05, 3.63) is 59.4 Å². The van der Waals surface area contributed by atoms with E-state index in [0.29, 0.717) is 18.0 Å². The lowest BCUT2D eigenvalue weighted by atomic mass is 9.83. The number of nitrogens with zero attached hydrogens (tertiary/aromatic N) is 2. The van der Waals surface area contributed by atoms with Gasteiger partial charge in [0.25, 0.3) is 0 Å². The predicted molar refractivity (Wildman–Crippen MR) is 101 cm³/mol. The lowest BCUT2D eigenvalue weighted by Gasteiger charge is -2.38. The van der Waals surface area contributed by atoms with E-state index in [9.17, 15) is 27.5 Å². The van der Waals surface area contributed by atoms with Crippen LogP contribution >= 0.6 is 0 Å². The predicted octanol–water partition coefficient (Wildman–Crippen LogP) is 4.24. The second-order valence-electron chi connectivity index (χ2n) is 7.26. The van der Waals surface area contributed by atoms with Gasteiger partial charge in [0.2, 0.25) is 0 Å². The first-order valence-electron chi connectivity index (χ1n) is 9.26. The van der Waals surface area contributed by atoms with Crippen molar-refractivity contribution in [1.82, 2.24) is 15.1 Å². The number of aliphatic hydroxyl groups is 1. The molecular weight excluding hydrogens is 404 g/mol. The molecule has 2 aromatic carbocycles. The Balaban J connectivity index is 1.46. The average molecular weight is 422 g/mol. The maximum Gasteiger partial charge on any atom is 0.419 e. The second kappa shape index (κ2) is 7.28. The van der Waals surface area contributed by atoms with E-state index in [1.165, 1.54) is 4.90 Å². The molecular formula is C20H18F4N4O2. The van der Waals surface area contributed by atoms with E-state index in [4.69, 9.17) is 0 Å². The van der Waals surface area contributed by atoms with Crippen LogP contribution in [-0.2, 0) is 11.8 Å². The molecule has 1 aromatic heterocycles. The third-order valence-corrected chi connectivity index (χ3v) is 5.38. The third kappa shape index (κ3) is 3.70. The fourth-order valence-electron chi connectivity index (χ4n) is 3.64. The molecule has 1 aliphatic heterocycles. The summed E-state index contributed by atoms with van der Waals surface area (Å²) < 4.78 is 52.5. The molecule has 0 bridgehead atoms. The SMILES string of the molecule is O=C(Nc1n[nH]c2ccccc12)N1CCC(O)(c2ccc(F)c(C(F)(F)F)c2)CC1. The fraction of sp³-hybridized carbons (Fsp3) is 0.300. The molecule has 3 N–H and O–H groups in total. The molecule has 0 saturated carbocycles. The number of aromatic nitrogens is 2. The Morgan fingerprint density at radius 3 is 2.57 bits per heavy atom. The summed E-state index contributed by atoms with van der Waals surface area (Å²) in [6, 6.07) is 9.33. The highest BCUT2D eigenvalue weighted by Crippen LogP contribution is 2.38. The Morgan fingerprint density at radius 2 is 1.87 bits per heavy atom. The first kappa shape index (κ1) is 20.1. The third-order valence-electron chi connectivity index (χ3n) is 5.38. The Labute approximate surface area is 168 Å². The van der Waals surface area contributed by atoms with Crippen molar-refractivity contribution in [2.24, 2.45) is 0 Å². The minimum atomic E-state index is -4.86. The average Bonchev–Trinajstić information content (AvgIpc) is 3.11. The van der Waals surface area contributed by atoms with Crippen LogP contribution in [0.2, 0.25) is 0 Å². The highest BCUT2D eigenvalue weighted by molar-refractivity contribution is 5.98. The number of H-pyrrole nitrogens is 1. The van der Waals surface area contributed by atoms with Crippen LogP contribution in [0.25, 0.3) is 10.9 Å². The molecule has 3 aromatic rings. The number of hydrogen-bond donors (Lipinski definition) is 3. The van der Waals surface area contributed by atoms with Crippen LogP contribution in [0.1, 0.15) is 24.0 Å². The Morgan fingerprint density at radius 1 is 1.17 bits per heavy atom. The van der Waals surface area contributed by atoms with Crippen molar-refractivity contribution in [3.8, 4) is 0 Å². The van der Waals surface area contributed by atoms with Crippen molar-refractivity contribution in [2.75, 3.05) is 18.4 Å². The summed E-state index contributed by atoms with van der Waals surface area (Å²) in [6.45, 7) is 0.229. The lowest BCUT2D eigenvalue weighted by Crippen LogP contribution is -2.46. The maximum atomic E-state index is 13.5. The zero-order chi connectivity index (χ0) is 21.5. The number of piperidine rings is 1. The van der Waals surface area contributed by atoms with Gasteiger partial charge in [-0.1, -0.05) is 18.2 Å². The number of alkyl halides is 3. The van der Waals surface area contributed by atoms with Gasteiger partial charge in [0, 0.05) is 18.5 Å². The molecule has 2 amide bonds. The number of para-hydroxylation sites is 1. The highest BCUT2D eigenvalue weighted by Gasteiger charge is 2.39. The van der Waals surface area contributed by atoms with Crippen LogP contribution in [-0.4, -0.2) is 39.3 Å². The standard InChI is InChI=1S/C20H18F4N4O2/c21-15-6-5-12(11-14(15)20(22,23)24)19(30)7-9-28(10-8-19)18(29)25-17-13-3-1-2-4-16(13)26-27-17/h1-6,11,30H,7-10H2,(H2,25,26,27,29). The van der Waals surface area contributed by atoms with Crippen molar-refractivity contribution in [2.45, 2.75) is 24.6 Å². The molecule has 0 unspecified atom stereocenters. The van der Waals surface area contributed by atoms with E-state index in [0.717, 1.165) is 17.0 Å². The summed E-state index contributed by atoms with van der Waals surface area (Å²) >= 11 is 0. The van der Waals surface area contributed by atoms with Gasteiger partial charge in [-0.25, -0.2) is 9.18 Å². The molecule has 10 heteroatoms. The number of likely N-dealkylation sites (tertiary alicyclic amines) is 1. The summed E-state index contributed by atoms with van der Waals surface area (Å²) in [5, 5.41) is 21.2. The zero-order valence-electron chi connectivity index (χ0n) is 15.6. The minimum Gasteiger partial charge on any atom is -0.385 e. The number of nitrogens with one attached hydrogen (secondary N) is 2. The number of anilines is 1. The van der Waals surface area contributed by atoms with Gasteiger partial charge in [0.1, 0.15) is 5.82 Å². The van der Waals surface area contributed by atoms with E-state index in [-0.39, 0.29) is 31.5 Å². The van der Waals surface area contributed by atoms with E-state index >= 15 is 0 Å². The molecule has 6 nitrogen and oxygen atoms in total. The van der Waals surface area contributed by atoms with Crippen LogP contribution in [0.15, 0.2) is 42.5 Å². The molecule has 0 radical (unpaired) electrons. The monoisotopic (exact) mass is 422 g/mol. The van der Waals surface area contributed by atoms with Crippen LogP contribution in [0, 0.1) is 5.82 Å². The molecule has 4 rings (SSSR count). The van der Waals surface area contributed by atoms with Crippen LogP contribution in [0.3, 0.4) is 0 Å². The summed E-state index contributed by atoms with van der Waals surface area (Å²) in [6.07, 6.45) is -4.82. The number of urea groups is 1. The zero-order valence-corrected chi connectivity index (χ0v) is 15.6. The van der Waals surface area contributed by atoms with Gasteiger partial charge < -0.3 is 10.0 Å². The topological polar surface area (TPSA) is 81.2 Å². The van der Waals surface area contributed by atoms with Crippen LogP contribution < -0.4 is 5.32 Å². The van der Waals surface area contributed by atoms with E-state index in [1.807, 2.05) is 18.2 Å². The largest absolute Gasteiger partial charge is 0.419 e. The lowest BCUT2D eigenvalue weighted by molar-refractivity contribution is -0.140. The molecule has 158 valence electrons. The van der Waals surface area contributed by atoms with Gasteiger partial charge in [-0.3, -0.25) is 10.4 Å². The number of benzene rings is 2. The molecule has 1 aliphatic rings. The second-order valence-corrected chi connectivity index (χ2v) is 7.26.